The van der Waals surface area contributed by atoms with Crippen molar-refractivity contribution in [3.8, 4) is 0 Å². The molecule has 0 saturated heterocycles. The molecular formula is C16H36ClNO3. The minimum absolute atomic E-state index is 0. The maximum atomic E-state index is 9.96. The van der Waals surface area contributed by atoms with Gasteiger partial charge in [-0.05, 0) is 6.42 Å². The third kappa shape index (κ3) is 16.3. The van der Waals surface area contributed by atoms with Crippen molar-refractivity contribution in [2.24, 2.45) is 0 Å². The van der Waals surface area contributed by atoms with Crippen LogP contribution in [0.4, 0.5) is 0 Å². The summed E-state index contributed by atoms with van der Waals surface area (Å²) in [4.78, 5) is 1.09. The second kappa shape index (κ2) is 18.2. The van der Waals surface area contributed by atoms with Crippen LogP contribution in [0.1, 0.15) is 64.7 Å². The molecule has 4 N–H and O–H groups in total. The number of hydrogen-bond donors (Lipinski definition) is 4. The summed E-state index contributed by atoms with van der Waals surface area (Å²) >= 11 is 0. The highest BCUT2D eigenvalue weighted by Gasteiger charge is 2.13. The molecule has 0 radical (unpaired) electrons. The lowest BCUT2D eigenvalue weighted by atomic mass is 10.1. The van der Waals surface area contributed by atoms with Gasteiger partial charge in [0.05, 0.1) is 13.2 Å². The molecule has 0 aliphatic carbocycles. The maximum absolute atomic E-state index is 9.96. The fraction of sp³-hybridized carbons (Fsp3) is 1.00. The summed E-state index contributed by atoms with van der Waals surface area (Å²) < 4.78 is 0. The normalized spacial score (nSPS) is 12.4. The van der Waals surface area contributed by atoms with E-state index in [4.69, 9.17) is 10.2 Å². The molecule has 0 fully saturated rings. The molecule has 0 spiro atoms. The van der Waals surface area contributed by atoms with Crippen LogP contribution < -0.4 is 17.3 Å². The van der Waals surface area contributed by atoms with Crippen molar-refractivity contribution in [1.82, 2.24) is 0 Å². The molecular weight excluding hydrogens is 290 g/mol. The third-order valence-electron chi connectivity index (χ3n) is 3.85. The highest BCUT2D eigenvalue weighted by atomic mass is 35.5. The van der Waals surface area contributed by atoms with Gasteiger partial charge in [-0.3, -0.25) is 0 Å². The second-order valence-electron chi connectivity index (χ2n) is 5.82. The Hall–Kier alpha value is 0.130. The topological polar surface area (TPSA) is 65.1 Å². The smallest absolute Gasteiger partial charge is 0.104 e. The zero-order valence-corrected chi connectivity index (χ0v) is 14.5. The van der Waals surface area contributed by atoms with E-state index >= 15 is 0 Å². The Morgan fingerprint density at radius 3 is 1.76 bits per heavy atom. The van der Waals surface area contributed by atoms with Crippen molar-refractivity contribution in [2.45, 2.75) is 70.8 Å². The third-order valence-corrected chi connectivity index (χ3v) is 3.85. The van der Waals surface area contributed by atoms with E-state index in [9.17, 15) is 5.11 Å². The van der Waals surface area contributed by atoms with Gasteiger partial charge >= 0.3 is 0 Å². The predicted octanol–water partition coefficient (Wildman–Crippen LogP) is -2.25. The Balaban J connectivity index is 0. The molecule has 0 aliphatic heterocycles. The maximum Gasteiger partial charge on any atom is 0.104 e. The average Bonchev–Trinajstić information content (AvgIpc) is 2.42. The van der Waals surface area contributed by atoms with Gasteiger partial charge in [0.1, 0.15) is 25.7 Å². The van der Waals surface area contributed by atoms with Gasteiger partial charge in [0.2, 0.25) is 0 Å². The number of rotatable bonds is 15. The van der Waals surface area contributed by atoms with Gasteiger partial charge in [0.15, 0.2) is 0 Å². The van der Waals surface area contributed by atoms with E-state index in [1.807, 2.05) is 0 Å². The first-order valence-corrected chi connectivity index (χ1v) is 8.47. The highest BCUT2D eigenvalue weighted by molar-refractivity contribution is 4.54. The molecule has 1 atom stereocenters. The van der Waals surface area contributed by atoms with Crippen molar-refractivity contribution in [3.05, 3.63) is 0 Å². The number of aliphatic hydroxyl groups excluding tert-OH is 3. The summed E-state index contributed by atoms with van der Waals surface area (Å²) in [6, 6.07) is 0. The monoisotopic (exact) mass is 325 g/mol. The predicted molar refractivity (Wildman–Crippen MR) is 83.0 cm³/mol. The minimum Gasteiger partial charge on any atom is -1.00 e. The van der Waals surface area contributed by atoms with Gasteiger partial charge in [-0.2, -0.15) is 0 Å². The van der Waals surface area contributed by atoms with Crippen LogP contribution in [0.15, 0.2) is 0 Å². The fourth-order valence-corrected chi connectivity index (χ4v) is 2.59. The van der Waals surface area contributed by atoms with Gasteiger partial charge in [0, 0.05) is 0 Å². The van der Waals surface area contributed by atoms with Gasteiger partial charge in [-0.15, -0.1) is 0 Å². The van der Waals surface area contributed by atoms with E-state index in [-0.39, 0.29) is 31.7 Å². The number of hydrogen-bond acceptors (Lipinski definition) is 3. The number of halogens is 1. The summed E-state index contributed by atoms with van der Waals surface area (Å²) in [6.45, 7) is 4.31. The SMILES string of the molecule is CCCCCCCCCCC(O)C[NH+](CCO)CCO.[Cl-]. The van der Waals surface area contributed by atoms with E-state index in [0.29, 0.717) is 19.6 Å². The van der Waals surface area contributed by atoms with Crippen molar-refractivity contribution >= 4 is 0 Å². The first-order chi connectivity index (χ1) is 9.74. The average molecular weight is 326 g/mol. The lowest BCUT2D eigenvalue weighted by Crippen LogP contribution is -3.14. The molecule has 0 bridgehead atoms. The molecule has 0 aromatic heterocycles. The number of quaternary nitrogens is 1. The van der Waals surface area contributed by atoms with Crippen molar-refractivity contribution in [3.63, 3.8) is 0 Å². The first kappa shape index (κ1) is 23.4. The van der Waals surface area contributed by atoms with Crippen LogP contribution in [0.5, 0.6) is 0 Å². The Morgan fingerprint density at radius 2 is 1.29 bits per heavy atom. The van der Waals surface area contributed by atoms with Crippen LogP contribution in [-0.2, 0) is 0 Å². The molecule has 0 aromatic rings. The number of aliphatic hydroxyl groups is 3. The Bertz CT molecular complexity index is 190. The summed E-state index contributed by atoms with van der Waals surface area (Å²) in [7, 11) is 0. The zero-order chi connectivity index (χ0) is 15.1. The Morgan fingerprint density at radius 1 is 0.810 bits per heavy atom. The summed E-state index contributed by atoms with van der Waals surface area (Å²) in [5.74, 6) is 0. The van der Waals surface area contributed by atoms with Gasteiger partial charge < -0.3 is 32.6 Å². The molecule has 0 amide bonds. The molecule has 0 saturated carbocycles. The van der Waals surface area contributed by atoms with E-state index in [2.05, 4.69) is 6.92 Å². The number of nitrogens with one attached hydrogen (secondary N) is 1. The second-order valence-corrected chi connectivity index (χ2v) is 5.82. The largest absolute Gasteiger partial charge is 1.00 e. The van der Waals surface area contributed by atoms with Crippen LogP contribution in [0.3, 0.4) is 0 Å². The van der Waals surface area contributed by atoms with Crippen LogP contribution in [0, 0.1) is 0 Å². The van der Waals surface area contributed by atoms with E-state index in [1.165, 1.54) is 44.9 Å². The zero-order valence-electron chi connectivity index (χ0n) is 13.7. The quantitative estimate of drug-likeness (QED) is 0.257. The molecule has 5 heteroatoms. The number of unbranched alkanes of at least 4 members (excludes halogenated alkanes) is 7. The van der Waals surface area contributed by atoms with E-state index in [1.54, 1.807) is 0 Å². The molecule has 0 heterocycles. The Kier molecular flexibility index (Phi) is 20.3. The molecule has 1 unspecified atom stereocenters. The lowest BCUT2D eigenvalue weighted by Gasteiger charge is -2.20. The van der Waals surface area contributed by atoms with Crippen molar-refractivity contribution < 1.29 is 32.6 Å². The van der Waals surface area contributed by atoms with E-state index < -0.39 is 0 Å². The minimum atomic E-state index is -0.303. The fourth-order valence-electron chi connectivity index (χ4n) is 2.59. The molecule has 0 rings (SSSR count). The van der Waals surface area contributed by atoms with E-state index in [0.717, 1.165) is 17.7 Å². The first-order valence-electron chi connectivity index (χ1n) is 8.47. The highest BCUT2D eigenvalue weighted by Crippen LogP contribution is 2.10. The van der Waals surface area contributed by atoms with Crippen molar-refractivity contribution in [1.29, 1.82) is 0 Å². The van der Waals surface area contributed by atoms with Gasteiger partial charge in [-0.25, -0.2) is 0 Å². The lowest BCUT2D eigenvalue weighted by molar-refractivity contribution is -0.903. The van der Waals surface area contributed by atoms with Crippen LogP contribution in [0.2, 0.25) is 0 Å². The van der Waals surface area contributed by atoms with Crippen LogP contribution in [0.25, 0.3) is 0 Å². The molecule has 0 aliphatic rings. The summed E-state index contributed by atoms with van der Waals surface area (Å²) in [5.41, 5.74) is 0. The van der Waals surface area contributed by atoms with Crippen molar-refractivity contribution in [2.75, 3.05) is 32.8 Å². The molecule has 0 aromatic carbocycles. The molecule has 130 valence electrons. The standard InChI is InChI=1S/C16H35NO3.ClH/c1-2-3-4-5-6-7-8-9-10-16(20)15-17(11-13-18)12-14-19;/h16,18-20H,2-15H2,1H3;1H. The summed E-state index contributed by atoms with van der Waals surface area (Å²) in [6.07, 6.45) is 10.8. The molecule has 4 nitrogen and oxygen atoms in total. The Labute approximate surface area is 137 Å². The van der Waals surface area contributed by atoms with Crippen LogP contribution in [-0.4, -0.2) is 54.3 Å². The molecule has 21 heavy (non-hydrogen) atoms. The van der Waals surface area contributed by atoms with Gasteiger partial charge in [-0.1, -0.05) is 58.3 Å². The van der Waals surface area contributed by atoms with Gasteiger partial charge in [0.25, 0.3) is 0 Å². The van der Waals surface area contributed by atoms with Crippen LogP contribution >= 0.6 is 0 Å². The summed E-state index contributed by atoms with van der Waals surface area (Å²) in [5, 5.41) is 27.8.